The van der Waals surface area contributed by atoms with E-state index in [2.05, 4.69) is 5.32 Å². The quantitative estimate of drug-likeness (QED) is 0.374. The number of hydrogen-bond donors (Lipinski definition) is 1. The number of hydrogen-bond acceptors (Lipinski definition) is 5. The van der Waals surface area contributed by atoms with Crippen LogP contribution in [-0.4, -0.2) is 51.4 Å². The molecule has 1 N–H and O–H groups in total. The van der Waals surface area contributed by atoms with Gasteiger partial charge >= 0.3 is 0 Å². The van der Waals surface area contributed by atoms with Crippen LogP contribution < -0.4 is 14.4 Å². The largest absolute Gasteiger partial charge is 0.495 e. The van der Waals surface area contributed by atoms with Crippen LogP contribution in [0.3, 0.4) is 0 Å². The molecule has 0 saturated heterocycles. The van der Waals surface area contributed by atoms with Crippen LogP contribution in [0.4, 0.5) is 10.1 Å². The molecule has 2 amide bonds. The molecule has 3 rings (SSSR count). The van der Waals surface area contributed by atoms with Gasteiger partial charge in [0.1, 0.15) is 24.2 Å². The molecule has 0 aliphatic carbocycles. The van der Waals surface area contributed by atoms with E-state index in [0.29, 0.717) is 18.5 Å². The summed E-state index contributed by atoms with van der Waals surface area (Å²) in [4.78, 5) is 28.0. The number of methoxy groups -OCH3 is 1. The Bertz CT molecular complexity index is 1330. The number of nitrogens with one attached hydrogen (secondary N) is 1. The van der Waals surface area contributed by atoms with E-state index in [1.807, 2.05) is 6.92 Å². The van der Waals surface area contributed by atoms with Crippen molar-refractivity contribution >= 4 is 27.5 Å². The molecule has 0 unspecified atom stereocenters. The van der Waals surface area contributed by atoms with Crippen molar-refractivity contribution in [2.24, 2.45) is 0 Å². The third-order valence-corrected chi connectivity index (χ3v) is 7.72. The van der Waals surface area contributed by atoms with Crippen LogP contribution >= 0.6 is 0 Å². The Morgan fingerprint density at radius 3 is 2.24 bits per heavy atom. The number of sulfonamides is 1. The average Bonchev–Trinajstić information content (AvgIpc) is 2.94. The number of ether oxygens (including phenoxy) is 1. The highest BCUT2D eigenvalue weighted by atomic mass is 32.2. The van der Waals surface area contributed by atoms with E-state index >= 15 is 0 Å². The number of para-hydroxylation sites is 2. The Morgan fingerprint density at radius 1 is 0.974 bits per heavy atom. The Hall–Kier alpha value is -3.92. The number of rotatable bonds is 12. The number of carbonyl (C=O) groups excluding carboxylic acids is 2. The molecule has 0 aliphatic heterocycles. The van der Waals surface area contributed by atoms with Crippen LogP contribution in [0.2, 0.25) is 0 Å². The third-order valence-electron chi connectivity index (χ3n) is 5.95. The number of anilines is 1. The second-order valence-corrected chi connectivity index (χ2v) is 10.5. The fourth-order valence-electron chi connectivity index (χ4n) is 3.83. The zero-order valence-corrected chi connectivity index (χ0v) is 22.4. The van der Waals surface area contributed by atoms with Crippen LogP contribution in [-0.2, 0) is 26.2 Å². The first-order chi connectivity index (χ1) is 18.2. The first-order valence-electron chi connectivity index (χ1n) is 12.2. The van der Waals surface area contributed by atoms with Gasteiger partial charge in [0.15, 0.2) is 0 Å². The highest BCUT2D eigenvalue weighted by Gasteiger charge is 2.33. The van der Waals surface area contributed by atoms with E-state index in [9.17, 15) is 22.4 Å². The van der Waals surface area contributed by atoms with E-state index < -0.39 is 34.3 Å². The summed E-state index contributed by atoms with van der Waals surface area (Å²) < 4.78 is 47.4. The molecule has 38 heavy (non-hydrogen) atoms. The number of benzene rings is 3. The highest BCUT2D eigenvalue weighted by Crippen LogP contribution is 2.32. The molecule has 8 nitrogen and oxygen atoms in total. The summed E-state index contributed by atoms with van der Waals surface area (Å²) in [7, 11) is -2.79. The van der Waals surface area contributed by atoms with Gasteiger partial charge in [-0.1, -0.05) is 49.4 Å². The van der Waals surface area contributed by atoms with Crippen molar-refractivity contribution in [2.45, 2.75) is 37.8 Å². The summed E-state index contributed by atoms with van der Waals surface area (Å²) in [6.07, 6.45) is 0.710. The molecular weight excluding hydrogens is 509 g/mol. The molecule has 0 aromatic heterocycles. The monoisotopic (exact) mass is 541 g/mol. The lowest BCUT2D eigenvalue weighted by Crippen LogP contribution is -2.51. The van der Waals surface area contributed by atoms with Gasteiger partial charge in [0.25, 0.3) is 10.0 Å². The third kappa shape index (κ3) is 6.89. The lowest BCUT2D eigenvalue weighted by molar-refractivity contribution is -0.139. The summed E-state index contributed by atoms with van der Waals surface area (Å²) in [5, 5.41) is 2.78. The SMILES string of the molecule is CCCNC(=O)[C@H](C)N(Cc1ccc(F)cc1)C(=O)CN(c1ccccc1OC)S(=O)(=O)c1ccccc1. The van der Waals surface area contributed by atoms with Crippen LogP contribution in [0.15, 0.2) is 83.8 Å². The van der Waals surface area contributed by atoms with E-state index in [4.69, 9.17) is 4.74 Å². The van der Waals surface area contributed by atoms with Gasteiger partial charge in [-0.05, 0) is 55.3 Å². The molecule has 0 aliphatic rings. The zero-order chi connectivity index (χ0) is 27.7. The Kier molecular flexibility index (Phi) is 9.84. The number of amides is 2. The first-order valence-corrected chi connectivity index (χ1v) is 13.7. The summed E-state index contributed by atoms with van der Waals surface area (Å²) in [5.74, 6) is -1.16. The van der Waals surface area contributed by atoms with Crippen LogP contribution in [0.5, 0.6) is 5.75 Å². The van der Waals surface area contributed by atoms with Crippen LogP contribution in [0, 0.1) is 5.82 Å². The van der Waals surface area contributed by atoms with Crippen molar-refractivity contribution in [3.63, 3.8) is 0 Å². The number of carbonyl (C=O) groups is 2. The van der Waals surface area contributed by atoms with Gasteiger partial charge < -0.3 is 15.0 Å². The second kappa shape index (κ2) is 13.0. The molecule has 0 bridgehead atoms. The summed E-state index contributed by atoms with van der Waals surface area (Å²) >= 11 is 0. The minimum Gasteiger partial charge on any atom is -0.495 e. The second-order valence-electron chi connectivity index (χ2n) is 8.61. The zero-order valence-electron chi connectivity index (χ0n) is 21.6. The molecule has 10 heteroatoms. The number of halogens is 1. The maximum absolute atomic E-state index is 13.8. The Morgan fingerprint density at radius 2 is 1.61 bits per heavy atom. The predicted octanol–water partition coefficient (Wildman–Crippen LogP) is 3.97. The molecule has 3 aromatic carbocycles. The molecule has 0 saturated carbocycles. The molecule has 0 spiro atoms. The first kappa shape index (κ1) is 28.6. The van der Waals surface area contributed by atoms with Crippen molar-refractivity contribution in [2.75, 3.05) is 24.5 Å². The highest BCUT2D eigenvalue weighted by molar-refractivity contribution is 7.92. The average molecular weight is 542 g/mol. The summed E-state index contributed by atoms with van der Waals surface area (Å²) in [6, 6.07) is 18.9. The van der Waals surface area contributed by atoms with Crippen molar-refractivity contribution in [1.29, 1.82) is 0 Å². The Labute approximate surface area is 223 Å². The predicted molar refractivity (Wildman–Crippen MR) is 144 cm³/mol. The van der Waals surface area contributed by atoms with E-state index in [-0.39, 0.29) is 28.8 Å². The van der Waals surface area contributed by atoms with Crippen LogP contribution in [0.1, 0.15) is 25.8 Å². The Balaban J connectivity index is 2.04. The fraction of sp³-hybridized carbons (Fsp3) is 0.286. The minimum atomic E-state index is -4.20. The lowest BCUT2D eigenvalue weighted by Gasteiger charge is -2.32. The molecular formula is C28H32FN3O5S. The van der Waals surface area contributed by atoms with Gasteiger partial charge in [-0.3, -0.25) is 13.9 Å². The van der Waals surface area contributed by atoms with E-state index in [1.54, 1.807) is 49.4 Å². The van der Waals surface area contributed by atoms with Crippen LogP contribution in [0.25, 0.3) is 0 Å². The van der Waals surface area contributed by atoms with E-state index in [1.165, 1.54) is 48.4 Å². The summed E-state index contributed by atoms with van der Waals surface area (Å²) in [5.41, 5.74) is 0.765. The molecule has 0 radical (unpaired) electrons. The molecule has 1 atom stereocenters. The van der Waals surface area contributed by atoms with Gasteiger partial charge in [-0.15, -0.1) is 0 Å². The molecule has 3 aromatic rings. The smallest absolute Gasteiger partial charge is 0.264 e. The molecule has 0 heterocycles. The summed E-state index contributed by atoms with van der Waals surface area (Å²) in [6.45, 7) is 3.30. The van der Waals surface area contributed by atoms with Gasteiger partial charge in [0, 0.05) is 13.1 Å². The minimum absolute atomic E-state index is 0.00229. The molecule has 0 fully saturated rings. The lowest BCUT2D eigenvalue weighted by atomic mass is 10.1. The maximum Gasteiger partial charge on any atom is 0.264 e. The normalized spacial score (nSPS) is 11.9. The van der Waals surface area contributed by atoms with Crippen molar-refractivity contribution in [3.8, 4) is 5.75 Å². The van der Waals surface area contributed by atoms with Crippen molar-refractivity contribution in [1.82, 2.24) is 10.2 Å². The fourth-order valence-corrected chi connectivity index (χ4v) is 5.28. The van der Waals surface area contributed by atoms with Crippen molar-refractivity contribution < 1.29 is 27.1 Å². The van der Waals surface area contributed by atoms with Gasteiger partial charge in [0.2, 0.25) is 11.8 Å². The standard InChI is InChI=1S/C28H32FN3O5S/c1-4-18-30-28(34)21(2)31(19-22-14-16-23(29)17-15-22)27(33)20-32(25-12-8-9-13-26(25)37-3)38(35,36)24-10-6-5-7-11-24/h5-17,21H,4,18-20H2,1-3H3,(H,30,34)/t21-/m0/s1. The van der Waals surface area contributed by atoms with Gasteiger partial charge in [0.05, 0.1) is 17.7 Å². The maximum atomic E-state index is 13.8. The van der Waals surface area contributed by atoms with Gasteiger partial charge in [-0.2, -0.15) is 0 Å². The van der Waals surface area contributed by atoms with E-state index in [0.717, 1.165) is 4.31 Å². The van der Waals surface area contributed by atoms with Crippen molar-refractivity contribution in [3.05, 3.63) is 90.2 Å². The topological polar surface area (TPSA) is 96.0 Å². The molecule has 202 valence electrons. The number of nitrogens with zero attached hydrogens (tertiary/aromatic N) is 2. The van der Waals surface area contributed by atoms with Gasteiger partial charge in [-0.25, -0.2) is 12.8 Å².